The molecule has 2 N–H and O–H groups in total. The van der Waals surface area contributed by atoms with Gasteiger partial charge < -0.3 is 15.4 Å². The van der Waals surface area contributed by atoms with Gasteiger partial charge in [-0.25, -0.2) is 4.79 Å². The van der Waals surface area contributed by atoms with E-state index in [0.717, 1.165) is 6.42 Å². The summed E-state index contributed by atoms with van der Waals surface area (Å²) in [7, 11) is 0. The van der Waals surface area contributed by atoms with Crippen molar-refractivity contribution in [3.63, 3.8) is 0 Å². The van der Waals surface area contributed by atoms with Crippen molar-refractivity contribution in [3.8, 4) is 5.75 Å². The Labute approximate surface area is 119 Å². The number of rotatable bonds is 2. The fraction of sp³-hybridized carbons (Fsp3) is 0.462. The topological polar surface area (TPSA) is 58.8 Å². The molecule has 0 aromatic heterocycles. The maximum absolute atomic E-state index is 12.2. The number of benzene rings is 1. The molecule has 1 aromatic carbocycles. The van der Waals surface area contributed by atoms with Gasteiger partial charge in [0.05, 0.1) is 6.04 Å². The number of halogens is 3. The molecule has 2 heterocycles. The van der Waals surface area contributed by atoms with Crippen molar-refractivity contribution in [3.05, 3.63) is 24.3 Å². The van der Waals surface area contributed by atoms with Crippen molar-refractivity contribution in [2.24, 2.45) is 5.73 Å². The molecular weight excluding hydrogens is 287 g/mol. The third-order valence-electron chi connectivity index (χ3n) is 3.70. The van der Waals surface area contributed by atoms with Crippen LogP contribution in [0.3, 0.4) is 0 Å². The predicted octanol–water partition coefficient (Wildman–Crippen LogP) is 1.93. The van der Waals surface area contributed by atoms with Crippen LogP contribution in [-0.4, -0.2) is 42.5 Å². The minimum absolute atomic E-state index is 0.00339. The van der Waals surface area contributed by atoms with E-state index in [4.69, 9.17) is 5.73 Å². The normalized spacial score (nSPS) is 25.4. The molecular formula is C13H14F3N3O2. The second-order valence-corrected chi connectivity index (χ2v) is 5.24. The summed E-state index contributed by atoms with van der Waals surface area (Å²) in [5.74, 6) is -0.305. The van der Waals surface area contributed by atoms with Crippen molar-refractivity contribution >= 4 is 11.7 Å². The van der Waals surface area contributed by atoms with Gasteiger partial charge >= 0.3 is 12.4 Å². The van der Waals surface area contributed by atoms with Crippen molar-refractivity contribution < 1.29 is 22.7 Å². The van der Waals surface area contributed by atoms with Crippen LogP contribution in [0.15, 0.2) is 24.3 Å². The number of hydrogen-bond acceptors (Lipinski definition) is 3. The highest BCUT2D eigenvalue weighted by Gasteiger charge is 2.43. The zero-order valence-corrected chi connectivity index (χ0v) is 11.0. The van der Waals surface area contributed by atoms with E-state index in [2.05, 4.69) is 4.74 Å². The molecule has 114 valence electrons. The molecule has 0 unspecified atom stereocenters. The van der Waals surface area contributed by atoms with Gasteiger partial charge in [-0.15, -0.1) is 13.2 Å². The van der Waals surface area contributed by atoms with Gasteiger partial charge in [-0.1, -0.05) is 0 Å². The van der Waals surface area contributed by atoms with Crippen LogP contribution in [0, 0.1) is 0 Å². The van der Waals surface area contributed by atoms with Gasteiger partial charge in [0.1, 0.15) is 5.75 Å². The van der Waals surface area contributed by atoms with E-state index in [1.165, 1.54) is 24.3 Å². The lowest BCUT2D eigenvalue weighted by Crippen LogP contribution is -2.35. The first-order valence-electron chi connectivity index (χ1n) is 6.53. The number of nitrogens with zero attached hydrogens (tertiary/aromatic N) is 2. The largest absolute Gasteiger partial charge is 0.573 e. The third kappa shape index (κ3) is 2.76. The molecule has 0 bridgehead atoms. The fourth-order valence-corrected chi connectivity index (χ4v) is 2.85. The van der Waals surface area contributed by atoms with E-state index in [1.807, 2.05) is 0 Å². The number of hydrogen-bond donors (Lipinski definition) is 1. The maximum Gasteiger partial charge on any atom is 0.573 e. The summed E-state index contributed by atoms with van der Waals surface area (Å²) in [6.07, 6.45) is -3.97. The highest BCUT2D eigenvalue weighted by molar-refractivity contribution is 5.95. The fourth-order valence-electron chi connectivity index (χ4n) is 2.85. The minimum Gasteiger partial charge on any atom is -0.406 e. The number of carbonyl (C=O) groups excluding carboxylic acids is 1. The summed E-state index contributed by atoms with van der Waals surface area (Å²) in [5.41, 5.74) is 6.37. The molecule has 0 saturated carbocycles. The SMILES string of the molecule is N[C@H]1C[C@H]2CN(c3ccc(OC(F)(F)F)cc3)C(=O)N2C1. The van der Waals surface area contributed by atoms with Gasteiger partial charge in [-0.05, 0) is 30.7 Å². The molecule has 21 heavy (non-hydrogen) atoms. The van der Waals surface area contributed by atoms with E-state index >= 15 is 0 Å². The van der Waals surface area contributed by atoms with Gasteiger partial charge in [-0.3, -0.25) is 4.90 Å². The summed E-state index contributed by atoms with van der Waals surface area (Å²) in [6, 6.07) is 5.22. The van der Waals surface area contributed by atoms with E-state index in [-0.39, 0.29) is 23.9 Å². The second kappa shape index (κ2) is 4.80. The van der Waals surface area contributed by atoms with E-state index in [9.17, 15) is 18.0 Å². The zero-order valence-electron chi connectivity index (χ0n) is 11.0. The average molecular weight is 301 g/mol. The monoisotopic (exact) mass is 301 g/mol. The lowest BCUT2D eigenvalue weighted by molar-refractivity contribution is -0.274. The Morgan fingerprint density at radius 2 is 1.86 bits per heavy atom. The number of alkyl halides is 3. The number of fused-ring (bicyclic) bond motifs is 1. The third-order valence-corrected chi connectivity index (χ3v) is 3.70. The second-order valence-electron chi connectivity index (χ2n) is 5.24. The molecule has 2 saturated heterocycles. The number of urea groups is 1. The van der Waals surface area contributed by atoms with Crippen LogP contribution in [0.5, 0.6) is 5.75 Å². The smallest absolute Gasteiger partial charge is 0.406 e. The van der Waals surface area contributed by atoms with Crippen LogP contribution >= 0.6 is 0 Å². The molecule has 0 radical (unpaired) electrons. The van der Waals surface area contributed by atoms with E-state index in [0.29, 0.717) is 18.8 Å². The van der Waals surface area contributed by atoms with Gasteiger partial charge in [-0.2, -0.15) is 0 Å². The van der Waals surface area contributed by atoms with Crippen molar-refractivity contribution in [1.82, 2.24) is 4.90 Å². The quantitative estimate of drug-likeness (QED) is 0.908. The summed E-state index contributed by atoms with van der Waals surface area (Å²) < 4.78 is 40.1. The number of amides is 2. The molecule has 2 atom stereocenters. The van der Waals surface area contributed by atoms with Crippen LogP contribution in [0.4, 0.5) is 23.7 Å². The van der Waals surface area contributed by atoms with Crippen LogP contribution in [0.1, 0.15) is 6.42 Å². The Bertz CT molecular complexity index is 547. The Hall–Kier alpha value is -1.96. The van der Waals surface area contributed by atoms with Gasteiger partial charge in [0, 0.05) is 24.8 Å². The molecule has 3 rings (SSSR count). The summed E-state index contributed by atoms with van der Waals surface area (Å²) in [5, 5.41) is 0. The highest BCUT2D eigenvalue weighted by Crippen LogP contribution is 2.31. The van der Waals surface area contributed by atoms with Crippen molar-refractivity contribution in [2.75, 3.05) is 18.0 Å². The molecule has 8 heteroatoms. The lowest BCUT2D eigenvalue weighted by atomic mass is 10.2. The Morgan fingerprint density at radius 1 is 1.19 bits per heavy atom. The number of carbonyl (C=O) groups is 1. The lowest BCUT2D eigenvalue weighted by Gasteiger charge is -2.18. The highest BCUT2D eigenvalue weighted by atomic mass is 19.4. The van der Waals surface area contributed by atoms with Crippen LogP contribution in [-0.2, 0) is 0 Å². The number of nitrogens with two attached hydrogens (primary N) is 1. The van der Waals surface area contributed by atoms with Crippen molar-refractivity contribution in [2.45, 2.75) is 24.9 Å². The molecule has 0 spiro atoms. The number of anilines is 1. The first-order valence-corrected chi connectivity index (χ1v) is 6.53. The Kier molecular flexibility index (Phi) is 3.20. The van der Waals surface area contributed by atoms with Gasteiger partial charge in [0.25, 0.3) is 0 Å². The molecule has 2 aliphatic rings. The summed E-state index contributed by atoms with van der Waals surface area (Å²) >= 11 is 0. The Morgan fingerprint density at radius 3 is 2.43 bits per heavy atom. The molecule has 1 aromatic rings. The van der Waals surface area contributed by atoms with Gasteiger partial charge in [0.15, 0.2) is 0 Å². The standard InChI is InChI=1S/C13H14F3N3O2/c14-13(15,16)21-11-3-1-9(2-4-11)19-7-10-5-8(17)6-18(10)12(19)20/h1-4,8,10H,5-7,17H2/t8-,10-/m0/s1. The maximum atomic E-state index is 12.2. The minimum atomic E-state index is -4.72. The first-order chi connectivity index (χ1) is 9.83. The predicted molar refractivity (Wildman–Crippen MR) is 69.0 cm³/mol. The van der Waals surface area contributed by atoms with Crippen LogP contribution in [0.2, 0.25) is 0 Å². The summed E-state index contributed by atoms with van der Waals surface area (Å²) in [6.45, 7) is 1.03. The molecule has 2 aliphatic heterocycles. The van der Waals surface area contributed by atoms with E-state index in [1.54, 1.807) is 9.80 Å². The van der Waals surface area contributed by atoms with Crippen LogP contribution < -0.4 is 15.4 Å². The van der Waals surface area contributed by atoms with Gasteiger partial charge in [0.2, 0.25) is 0 Å². The molecule has 2 amide bonds. The first kappa shape index (κ1) is 14.0. The van der Waals surface area contributed by atoms with E-state index < -0.39 is 6.36 Å². The molecule has 2 fully saturated rings. The molecule has 5 nitrogen and oxygen atoms in total. The average Bonchev–Trinajstić information content (AvgIpc) is 2.87. The van der Waals surface area contributed by atoms with Crippen molar-refractivity contribution in [1.29, 1.82) is 0 Å². The zero-order chi connectivity index (χ0) is 15.2. The molecule has 0 aliphatic carbocycles. The number of ether oxygens (including phenoxy) is 1. The van der Waals surface area contributed by atoms with Crippen LogP contribution in [0.25, 0.3) is 0 Å². The Balaban J connectivity index is 1.72. The summed E-state index contributed by atoms with van der Waals surface area (Å²) in [4.78, 5) is 15.5.